The monoisotopic (exact) mass is 547 g/mol. The van der Waals surface area contributed by atoms with Crippen LogP contribution in [0.4, 0.5) is 0 Å². The molecule has 0 bridgehead atoms. The third-order valence-electron chi connectivity index (χ3n) is 6.45. The number of benzene rings is 1. The van der Waals surface area contributed by atoms with Crippen molar-refractivity contribution in [2.45, 2.75) is 76.5 Å². The summed E-state index contributed by atoms with van der Waals surface area (Å²) in [6, 6.07) is 2.18. The average molecular weight is 548 g/mol. The van der Waals surface area contributed by atoms with E-state index >= 15 is 0 Å². The molecule has 1 heterocycles. The molecule has 0 aromatic heterocycles. The van der Waals surface area contributed by atoms with E-state index < -0.39 is 47.9 Å². The second kappa shape index (κ2) is 14.9. The fraction of sp³-hybridized carbons (Fsp3) is 0.577. The van der Waals surface area contributed by atoms with Crippen LogP contribution in [0.15, 0.2) is 29.3 Å². The van der Waals surface area contributed by atoms with E-state index in [2.05, 4.69) is 15.6 Å². The molecule has 1 aromatic rings. The van der Waals surface area contributed by atoms with Gasteiger partial charge in [0.1, 0.15) is 23.9 Å². The topological polar surface area (TPSA) is 226 Å². The number of likely N-dealkylation sites (tertiary alicyclic amines) is 1. The number of phenolic OH excluding ortho intramolecular Hbond substituents is 1. The van der Waals surface area contributed by atoms with E-state index in [-0.39, 0.29) is 43.6 Å². The molecule has 216 valence electrons. The molecule has 1 saturated heterocycles. The molecule has 4 atom stereocenters. The Balaban J connectivity index is 2.27. The number of carboxylic acid groups (broad SMARTS) is 1. The predicted molar refractivity (Wildman–Crippen MR) is 145 cm³/mol. The second-order valence-electron chi connectivity index (χ2n) is 10.2. The van der Waals surface area contributed by atoms with Gasteiger partial charge in [0, 0.05) is 19.5 Å². The van der Waals surface area contributed by atoms with Crippen molar-refractivity contribution < 1.29 is 29.4 Å². The van der Waals surface area contributed by atoms with Crippen LogP contribution in [0.3, 0.4) is 0 Å². The predicted octanol–water partition coefficient (Wildman–Crippen LogP) is -0.593. The van der Waals surface area contributed by atoms with Gasteiger partial charge in [0.2, 0.25) is 17.7 Å². The molecule has 13 nitrogen and oxygen atoms in total. The number of aliphatic imine (C=N–C) groups is 1. The quantitative estimate of drug-likeness (QED) is 0.0895. The highest BCUT2D eigenvalue weighted by molar-refractivity contribution is 5.94. The molecular formula is C26H41N7O6. The van der Waals surface area contributed by atoms with Crippen molar-refractivity contribution in [1.29, 1.82) is 0 Å². The lowest BCUT2D eigenvalue weighted by molar-refractivity contribution is -0.149. The van der Waals surface area contributed by atoms with Crippen molar-refractivity contribution in [3.8, 4) is 5.75 Å². The molecule has 4 unspecified atom stereocenters. The van der Waals surface area contributed by atoms with Gasteiger partial charge in [-0.3, -0.25) is 19.4 Å². The van der Waals surface area contributed by atoms with Crippen LogP contribution in [-0.2, 0) is 25.6 Å². The summed E-state index contributed by atoms with van der Waals surface area (Å²) >= 11 is 0. The minimum absolute atomic E-state index is 0.0393. The van der Waals surface area contributed by atoms with Crippen LogP contribution >= 0.6 is 0 Å². The summed E-state index contributed by atoms with van der Waals surface area (Å²) in [4.78, 5) is 56.6. The van der Waals surface area contributed by atoms with Crippen LogP contribution < -0.4 is 27.8 Å². The summed E-state index contributed by atoms with van der Waals surface area (Å²) in [5.74, 6) is -2.67. The fourth-order valence-corrected chi connectivity index (χ4v) is 4.49. The van der Waals surface area contributed by atoms with Crippen molar-refractivity contribution in [2.75, 3.05) is 13.1 Å². The highest BCUT2D eigenvalue weighted by atomic mass is 16.4. The van der Waals surface area contributed by atoms with Crippen LogP contribution in [0.1, 0.15) is 51.5 Å². The fourth-order valence-electron chi connectivity index (χ4n) is 4.49. The number of hydrogen-bond donors (Lipinski definition) is 7. The van der Waals surface area contributed by atoms with Gasteiger partial charge in [-0.15, -0.1) is 0 Å². The molecule has 3 amide bonds. The molecule has 10 N–H and O–H groups in total. The average Bonchev–Trinajstić information content (AvgIpc) is 3.36. The first-order valence-corrected chi connectivity index (χ1v) is 13.1. The molecule has 0 radical (unpaired) electrons. The zero-order valence-electron chi connectivity index (χ0n) is 22.5. The first kappa shape index (κ1) is 31.3. The van der Waals surface area contributed by atoms with Gasteiger partial charge >= 0.3 is 5.97 Å². The number of phenols is 1. The number of nitrogens with one attached hydrogen (secondary N) is 2. The second-order valence-corrected chi connectivity index (χ2v) is 10.2. The van der Waals surface area contributed by atoms with Crippen LogP contribution in [0.5, 0.6) is 5.75 Å². The highest BCUT2D eigenvalue weighted by Gasteiger charge is 2.38. The Hall–Kier alpha value is -3.87. The Kier molecular flexibility index (Phi) is 12.0. The number of rotatable bonds is 14. The van der Waals surface area contributed by atoms with Crippen LogP contribution in [0.25, 0.3) is 0 Å². The van der Waals surface area contributed by atoms with Crippen LogP contribution in [0, 0.1) is 5.92 Å². The van der Waals surface area contributed by atoms with Gasteiger partial charge in [0.25, 0.3) is 0 Å². The molecule has 1 aliphatic rings. The molecule has 2 rings (SSSR count). The number of hydrogen-bond acceptors (Lipinski definition) is 7. The maximum atomic E-state index is 13.5. The standard InChI is InChI=1S/C26H41N7O6/c1-15(2)13-18(27)22(35)31-19(5-3-11-30-26(28)29)23(36)32-20(14-16-7-9-17(34)10-8-16)24(37)33-12-4-6-21(33)25(38)39/h7-10,15,18-21,34H,3-6,11-14,27H2,1-2H3,(H,31,35)(H,32,36)(H,38,39)(H4,28,29,30). The Labute approximate surface area is 228 Å². The highest BCUT2D eigenvalue weighted by Crippen LogP contribution is 2.20. The first-order valence-electron chi connectivity index (χ1n) is 13.1. The normalized spacial score (nSPS) is 17.2. The van der Waals surface area contributed by atoms with Crippen molar-refractivity contribution >= 4 is 29.7 Å². The summed E-state index contributed by atoms with van der Waals surface area (Å²) in [5.41, 5.74) is 17.4. The Morgan fingerprint density at radius 1 is 1.08 bits per heavy atom. The number of amides is 3. The molecule has 1 aromatic carbocycles. The lowest BCUT2D eigenvalue weighted by atomic mass is 10.0. The summed E-state index contributed by atoms with van der Waals surface area (Å²) in [6.45, 7) is 4.33. The molecule has 13 heteroatoms. The minimum Gasteiger partial charge on any atom is -0.508 e. The summed E-state index contributed by atoms with van der Waals surface area (Å²) in [5, 5.41) is 24.6. The number of carboxylic acids is 1. The number of carbonyl (C=O) groups is 4. The van der Waals surface area contributed by atoms with E-state index in [1.165, 1.54) is 17.0 Å². The zero-order valence-corrected chi connectivity index (χ0v) is 22.5. The summed E-state index contributed by atoms with van der Waals surface area (Å²) in [6.07, 6.45) is 1.85. The Bertz CT molecular complexity index is 1030. The maximum absolute atomic E-state index is 13.5. The SMILES string of the molecule is CC(C)CC(N)C(=O)NC(CCCN=C(N)N)C(=O)NC(Cc1ccc(O)cc1)C(=O)N1CCCC1C(=O)O. The van der Waals surface area contributed by atoms with Gasteiger partial charge < -0.3 is 42.9 Å². The molecule has 0 saturated carbocycles. The molecule has 1 aliphatic heterocycles. The van der Waals surface area contributed by atoms with E-state index in [9.17, 15) is 29.4 Å². The third-order valence-corrected chi connectivity index (χ3v) is 6.45. The molecular weight excluding hydrogens is 506 g/mol. The lowest BCUT2D eigenvalue weighted by Gasteiger charge is -2.29. The van der Waals surface area contributed by atoms with Crippen molar-refractivity contribution in [3.63, 3.8) is 0 Å². The van der Waals surface area contributed by atoms with Gasteiger partial charge in [0.15, 0.2) is 5.96 Å². The van der Waals surface area contributed by atoms with Crippen molar-refractivity contribution in [2.24, 2.45) is 28.1 Å². The van der Waals surface area contributed by atoms with Crippen LogP contribution in [-0.4, -0.2) is 82.0 Å². The number of aliphatic carboxylic acids is 1. The van der Waals surface area contributed by atoms with Crippen molar-refractivity contribution in [3.05, 3.63) is 29.8 Å². The van der Waals surface area contributed by atoms with Gasteiger partial charge in [-0.1, -0.05) is 26.0 Å². The number of nitrogens with two attached hydrogens (primary N) is 3. The van der Waals surface area contributed by atoms with E-state index in [1.54, 1.807) is 12.1 Å². The smallest absolute Gasteiger partial charge is 0.326 e. The van der Waals surface area contributed by atoms with Gasteiger partial charge in [-0.05, 0) is 55.7 Å². The zero-order chi connectivity index (χ0) is 29.1. The minimum atomic E-state index is -1.11. The molecule has 39 heavy (non-hydrogen) atoms. The van der Waals surface area contributed by atoms with E-state index in [4.69, 9.17) is 17.2 Å². The van der Waals surface area contributed by atoms with Gasteiger partial charge in [-0.2, -0.15) is 0 Å². The number of aromatic hydroxyl groups is 1. The number of carbonyl (C=O) groups excluding carboxylic acids is 3. The number of nitrogens with zero attached hydrogens (tertiary/aromatic N) is 2. The summed E-state index contributed by atoms with van der Waals surface area (Å²) in [7, 11) is 0. The van der Waals surface area contributed by atoms with Gasteiger partial charge in [0.05, 0.1) is 6.04 Å². The van der Waals surface area contributed by atoms with E-state index in [1.807, 2.05) is 13.8 Å². The van der Waals surface area contributed by atoms with E-state index in [0.29, 0.717) is 31.2 Å². The lowest BCUT2D eigenvalue weighted by Crippen LogP contribution is -2.57. The Morgan fingerprint density at radius 2 is 1.72 bits per heavy atom. The largest absolute Gasteiger partial charge is 0.508 e. The molecule has 0 spiro atoms. The van der Waals surface area contributed by atoms with Gasteiger partial charge in [-0.25, -0.2) is 4.79 Å². The van der Waals surface area contributed by atoms with Crippen molar-refractivity contribution in [1.82, 2.24) is 15.5 Å². The maximum Gasteiger partial charge on any atom is 0.326 e. The first-order chi connectivity index (χ1) is 18.4. The molecule has 0 aliphatic carbocycles. The van der Waals surface area contributed by atoms with Crippen LogP contribution in [0.2, 0.25) is 0 Å². The van der Waals surface area contributed by atoms with E-state index in [0.717, 1.165) is 0 Å². The summed E-state index contributed by atoms with van der Waals surface area (Å²) < 4.78 is 0. The Morgan fingerprint density at radius 3 is 2.31 bits per heavy atom. The number of guanidine groups is 1. The molecule has 1 fully saturated rings. The third kappa shape index (κ3) is 10.1.